The van der Waals surface area contributed by atoms with Crippen LogP contribution in [-0.4, -0.2) is 37.2 Å². The van der Waals surface area contributed by atoms with E-state index in [0.29, 0.717) is 19.3 Å². The summed E-state index contributed by atoms with van der Waals surface area (Å²) in [4.78, 5) is 38.0. The fourth-order valence-electron chi connectivity index (χ4n) is 7.68. The number of unbranched alkanes of at least 4 members (excludes halogenated alkanes) is 31. The van der Waals surface area contributed by atoms with Crippen molar-refractivity contribution >= 4 is 17.9 Å². The molecule has 6 nitrogen and oxygen atoms in total. The van der Waals surface area contributed by atoms with E-state index in [1.165, 1.54) is 148 Å². The Morgan fingerprint density at radius 2 is 0.578 bits per heavy atom. The minimum atomic E-state index is -0.785. The van der Waals surface area contributed by atoms with Crippen LogP contribution in [0.4, 0.5) is 0 Å². The number of esters is 3. The highest BCUT2D eigenvalue weighted by atomic mass is 16.6. The summed E-state index contributed by atoms with van der Waals surface area (Å²) in [6, 6.07) is 0. The van der Waals surface area contributed by atoms with Gasteiger partial charge in [0.15, 0.2) is 6.10 Å². The zero-order valence-electron chi connectivity index (χ0n) is 42.3. The zero-order valence-corrected chi connectivity index (χ0v) is 42.3. The highest BCUT2D eigenvalue weighted by Gasteiger charge is 2.19. The average molecular weight is 895 g/mol. The van der Waals surface area contributed by atoms with Crippen LogP contribution in [-0.2, 0) is 28.6 Å². The molecule has 0 aromatic heterocycles. The van der Waals surface area contributed by atoms with E-state index in [1.807, 2.05) is 0 Å². The Labute approximate surface area is 396 Å². The summed E-state index contributed by atoms with van der Waals surface area (Å²) in [6.07, 6.45) is 64.9. The fourth-order valence-corrected chi connectivity index (χ4v) is 7.68. The second-order valence-corrected chi connectivity index (χ2v) is 18.2. The first-order valence-corrected chi connectivity index (χ1v) is 27.3. The molecule has 0 aliphatic heterocycles. The molecule has 0 aromatic carbocycles. The van der Waals surface area contributed by atoms with Crippen LogP contribution in [0.5, 0.6) is 0 Å². The Balaban J connectivity index is 4.35. The van der Waals surface area contributed by atoms with Gasteiger partial charge in [0.05, 0.1) is 0 Å². The van der Waals surface area contributed by atoms with E-state index >= 15 is 0 Å². The lowest BCUT2D eigenvalue weighted by atomic mass is 10.1. The van der Waals surface area contributed by atoms with Gasteiger partial charge >= 0.3 is 17.9 Å². The Morgan fingerprint density at radius 3 is 0.953 bits per heavy atom. The molecule has 1 atom stereocenters. The lowest BCUT2D eigenvalue weighted by Gasteiger charge is -2.18. The molecule has 0 saturated carbocycles. The van der Waals surface area contributed by atoms with Gasteiger partial charge in [-0.3, -0.25) is 14.4 Å². The van der Waals surface area contributed by atoms with E-state index in [4.69, 9.17) is 14.2 Å². The van der Waals surface area contributed by atoms with Crippen molar-refractivity contribution in [2.45, 2.75) is 277 Å². The first-order chi connectivity index (χ1) is 31.5. The van der Waals surface area contributed by atoms with Crippen LogP contribution >= 0.6 is 0 Å². The van der Waals surface area contributed by atoms with Gasteiger partial charge in [-0.05, 0) is 70.6 Å². The Morgan fingerprint density at radius 1 is 0.312 bits per heavy atom. The molecule has 0 aliphatic carbocycles. The second-order valence-electron chi connectivity index (χ2n) is 18.2. The van der Waals surface area contributed by atoms with E-state index in [-0.39, 0.29) is 31.1 Å². The van der Waals surface area contributed by atoms with Gasteiger partial charge < -0.3 is 14.2 Å². The molecular formula is C58H102O6. The predicted octanol–water partition coefficient (Wildman–Crippen LogP) is 18.0. The van der Waals surface area contributed by atoms with E-state index in [9.17, 15) is 14.4 Å². The summed E-state index contributed by atoms with van der Waals surface area (Å²) in [7, 11) is 0. The van der Waals surface area contributed by atoms with Crippen molar-refractivity contribution in [3.8, 4) is 0 Å². The van der Waals surface area contributed by atoms with Crippen molar-refractivity contribution in [2.75, 3.05) is 13.2 Å². The third kappa shape index (κ3) is 50.1. The van der Waals surface area contributed by atoms with Crippen molar-refractivity contribution in [3.63, 3.8) is 0 Å². The van der Waals surface area contributed by atoms with Crippen LogP contribution in [0.15, 0.2) is 60.8 Å². The van der Waals surface area contributed by atoms with Crippen molar-refractivity contribution in [3.05, 3.63) is 60.8 Å². The van der Waals surface area contributed by atoms with Crippen LogP contribution in [0, 0.1) is 0 Å². The minimum Gasteiger partial charge on any atom is -0.462 e. The number of ether oxygens (including phenoxy) is 3. The summed E-state index contributed by atoms with van der Waals surface area (Å²) >= 11 is 0. The summed E-state index contributed by atoms with van der Waals surface area (Å²) in [5.74, 6) is -0.907. The smallest absolute Gasteiger partial charge is 0.306 e. The van der Waals surface area contributed by atoms with Gasteiger partial charge in [0.1, 0.15) is 13.2 Å². The summed E-state index contributed by atoms with van der Waals surface area (Å²) in [6.45, 7) is 6.57. The minimum absolute atomic E-state index is 0.0838. The van der Waals surface area contributed by atoms with Gasteiger partial charge in [0.25, 0.3) is 0 Å². The standard InChI is InChI=1S/C58H102O6/c1-4-7-10-13-16-19-21-23-25-27-29-31-32-34-36-39-42-45-48-51-57(60)63-54-55(53-62-56(59)50-47-44-41-38-18-15-12-9-6-3)64-58(61)52-49-46-43-40-37-35-33-30-28-26-24-22-20-17-14-11-8-5-2/h17,20,22,24,26-30,33,55H,4-16,18-19,21,23,25,31-32,34-54H2,1-3H3/b20-17-,24-22-,28-26-,29-27-,33-30-. The van der Waals surface area contributed by atoms with Gasteiger partial charge in [0.2, 0.25) is 0 Å². The first-order valence-electron chi connectivity index (χ1n) is 27.3. The molecule has 0 amide bonds. The molecule has 0 radical (unpaired) electrons. The molecule has 6 heteroatoms. The van der Waals surface area contributed by atoms with Gasteiger partial charge in [-0.25, -0.2) is 0 Å². The Hall–Kier alpha value is -2.89. The predicted molar refractivity (Wildman–Crippen MR) is 275 cm³/mol. The number of rotatable bonds is 49. The molecule has 0 aromatic rings. The second kappa shape index (κ2) is 52.7. The molecule has 0 aliphatic rings. The summed E-state index contributed by atoms with van der Waals surface area (Å²) in [5, 5.41) is 0. The van der Waals surface area contributed by atoms with E-state index in [2.05, 4.69) is 81.5 Å². The van der Waals surface area contributed by atoms with Crippen LogP contribution in [0.3, 0.4) is 0 Å². The largest absolute Gasteiger partial charge is 0.462 e. The van der Waals surface area contributed by atoms with Crippen molar-refractivity contribution in [1.29, 1.82) is 0 Å². The summed E-state index contributed by atoms with van der Waals surface area (Å²) < 4.78 is 16.8. The number of hydrogen-bond donors (Lipinski definition) is 0. The number of carbonyl (C=O) groups is 3. The van der Waals surface area contributed by atoms with Gasteiger partial charge in [-0.15, -0.1) is 0 Å². The van der Waals surface area contributed by atoms with Crippen molar-refractivity contribution in [1.82, 2.24) is 0 Å². The fraction of sp³-hybridized carbons (Fsp3) is 0.776. The molecule has 0 rings (SSSR count). The van der Waals surface area contributed by atoms with Crippen LogP contribution in [0.2, 0.25) is 0 Å². The van der Waals surface area contributed by atoms with Crippen LogP contribution < -0.4 is 0 Å². The summed E-state index contributed by atoms with van der Waals surface area (Å²) in [5.41, 5.74) is 0. The average Bonchev–Trinajstić information content (AvgIpc) is 3.29. The number of allylic oxidation sites excluding steroid dienone is 10. The molecule has 0 N–H and O–H groups in total. The number of hydrogen-bond acceptors (Lipinski definition) is 6. The SMILES string of the molecule is CCCCC\C=C/C=C\C=C/C=C\CCCCCCCC(=O)OC(COC(=O)CCCCCCCCC/C=C\CCCCCCCCCC)COC(=O)CCCCCCCCCCC. The maximum atomic E-state index is 12.8. The third-order valence-electron chi connectivity index (χ3n) is 11.8. The lowest BCUT2D eigenvalue weighted by Crippen LogP contribution is -2.30. The highest BCUT2D eigenvalue weighted by Crippen LogP contribution is 2.15. The maximum Gasteiger partial charge on any atom is 0.306 e. The lowest BCUT2D eigenvalue weighted by molar-refractivity contribution is -0.167. The highest BCUT2D eigenvalue weighted by molar-refractivity contribution is 5.71. The quantitative estimate of drug-likeness (QED) is 0.0199. The third-order valence-corrected chi connectivity index (χ3v) is 11.8. The molecule has 0 spiro atoms. The van der Waals surface area contributed by atoms with E-state index in [1.54, 1.807) is 0 Å². The van der Waals surface area contributed by atoms with Crippen LogP contribution in [0.1, 0.15) is 271 Å². The first kappa shape index (κ1) is 61.1. The molecule has 0 heterocycles. The van der Waals surface area contributed by atoms with E-state index < -0.39 is 6.10 Å². The van der Waals surface area contributed by atoms with Crippen molar-refractivity contribution < 1.29 is 28.6 Å². The molecule has 0 fully saturated rings. The zero-order chi connectivity index (χ0) is 46.5. The molecule has 0 saturated heterocycles. The number of carbonyl (C=O) groups excluding carboxylic acids is 3. The molecule has 1 unspecified atom stereocenters. The van der Waals surface area contributed by atoms with Gasteiger partial charge in [-0.1, -0.05) is 242 Å². The Bertz CT molecular complexity index is 1170. The normalized spacial score (nSPS) is 12.5. The van der Waals surface area contributed by atoms with Gasteiger partial charge in [0, 0.05) is 19.3 Å². The Kier molecular flexibility index (Phi) is 50.4. The molecule has 0 bridgehead atoms. The van der Waals surface area contributed by atoms with Crippen LogP contribution in [0.25, 0.3) is 0 Å². The molecule has 370 valence electrons. The molecular weight excluding hydrogens is 793 g/mol. The monoisotopic (exact) mass is 895 g/mol. The van der Waals surface area contributed by atoms with E-state index in [0.717, 1.165) is 83.5 Å². The van der Waals surface area contributed by atoms with Crippen molar-refractivity contribution in [2.24, 2.45) is 0 Å². The topological polar surface area (TPSA) is 78.9 Å². The molecule has 64 heavy (non-hydrogen) atoms. The van der Waals surface area contributed by atoms with Gasteiger partial charge in [-0.2, -0.15) is 0 Å². The maximum absolute atomic E-state index is 12.8.